The topological polar surface area (TPSA) is 33.6 Å². The fraction of sp³-hybridized carbons (Fsp3) is 0.0385. The molecule has 4 aromatic carbocycles. The van der Waals surface area contributed by atoms with Gasteiger partial charge in [-0.25, -0.2) is 0 Å². The molecule has 0 radical (unpaired) electrons. The van der Waals surface area contributed by atoms with Crippen molar-refractivity contribution in [3.63, 3.8) is 0 Å². The molecule has 6 rings (SSSR count). The van der Waals surface area contributed by atoms with Crippen LogP contribution in [0.2, 0.25) is 0 Å². The summed E-state index contributed by atoms with van der Waals surface area (Å²) >= 11 is 0. The number of hydrogen-bond donors (Lipinski definition) is 0. The first-order valence-electron chi connectivity index (χ1n) is 9.68. The van der Waals surface area contributed by atoms with E-state index >= 15 is 0 Å². The van der Waals surface area contributed by atoms with E-state index in [1.165, 1.54) is 21.8 Å². The molecule has 29 heavy (non-hydrogen) atoms. The summed E-state index contributed by atoms with van der Waals surface area (Å²) in [5.41, 5.74) is 6.27. The van der Waals surface area contributed by atoms with Gasteiger partial charge in [0.15, 0.2) is 0 Å². The Morgan fingerprint density at radius 3 is 2.10 bits per heavy atom. The number of aryl methyl sites for hydroxylation is 1. The number of para-hydroxylation sites is 3. The number of nitrogens with zero attached hydrogens (tertiary/aromatic N) is 3. The van der Waals surface area contributed by atoms with E-state index in [1.54, 1.807) is 0 Å². The van der Waals surface area contributed by atoms with Gasteiger partial charge in [-0.2, -0.15) is 5.26 Å². The fourth-order valence-electron chi connectivity index (χ4n) is 4.67. The molecule has 0 saturated carbocycles. The van der Waals surface area contributed by atoms with Crippen LogP contribution in [0, 0.1) is 11.3 Å². The van der Waals surface area contributed by atoms with E-state index in [9.17, 15) is 5.26 Å². The van der Waals surface area contributed by atoms with Crippen molar-refractivity contribution in [3.05, 3.63) is 90.5 Å². The minimum atomic E-state index is 0.691. The smallest absolute Gasteiger partial charge is 0.101 e. The summed E-state index contributed by atoms with van der Waals surface area (Å²) in [5.74, 6) is 0. The maximum absolute atomic E-state index is 9.78. The maximum Gasteiger partial charge on any atom is 0.101 e. The normalized spacial score (nSPS) is 11.6. The third-order valence-corrected chi connectivity index (χ3v) is 5.97. The Balaban J connectivity index is 1.79. The van der Waals surface area contributed by atoms with Crippen molar-refractivity contribution in [1.82, 2.24) is 9.13 Å². The molecule has 0 saturated heterocycles. The van der Waals surface area contributed by atoms with Crippen LogP contribution in [0.15, 0.2) is 84.9 Å². The highest BCUT2D eigenvalue weighted by Gasteiger charge is 2.16. The highest BCUT2D eigenvalue weighted by molar-refractivity contribution is 6.12. The van der Waals surface area contributed by atoms with Gasteiger partial charge in [-0.05, 0) is 36.4 Å². The van der Waals surface area contributed by atoms with Crippen molar-refractivity contribution in [2.75, 3.05) is 0 Å². The number of fused-ring (bicyclic) bond motifs is 6. The SMILES string of the molecule is Cn1c2ccccc2c2cc(-n3c4ccccc4c4cccc(C#N)c43)ccc21. The van der Waals surface area contributed by atoms with Crippen LogP contribution in [0.4, 0.5) is 0 Å². The molecule has 3 nitrogen and oxygen atoms in total. The molecule has 0 aliphatic carbocycles. The first kappa shape index (κ1) is 16.0. The molecule has 0 fully saturated rings. The van der Waals surface area contributed by atoms with Gasteiger partial charge in [0.1, 0.15) is 6.07 Å². The Hall–Kier alpha value is -4.03. The van der Waals surface area contributed by atoms with Crippen molar-refractivity contribution in [2.24, 2.45) is 7.05 Å². The summed E-state index contributed by atoms with van der Waals surface area (Å²) in [6.45, 7) is 0. The molecule has 6 aromatic rings. The van der Waals surface area contributed by atoms with Gasteiger partial charge in [0.2, 0.25) is 0 Å². The maximum atomic E-state index is 9.78. The van der Waals surface area contributed by atoms with Gasteiger partial charge in [-0.3, -0.25) is 0 Å². The average Bonchev–Trinajstić information content (AvgIpc) is 3.26. The molecule has 0 aliphatic heterocycles. The van der Waals surface area contributed by atoms with Crippen molar-refractivity contribution >= 4 is 43.6 Å². The molecular formula is C26H17N3. The van der Waals surface area contributed by atoms with Crippen molar-refractivity contribution in [1.29, 1.82) is 5.26 Å². The van der Waals surface area contributed by atoms with Crippen molar-refractivity contribution < 1.29 is 0 Å². The third kappa shape index (κ3) is 2.06. The molecule has 0 amide bonds. The van der Waals surface area contributed by atoms with Crippen molar-refractivity contribution in [3.8, 4) is 11.8 Å². The summed E-state index contributed by atoms with van der Waals surface area (Å²) in [7, 11) is 2.11. The molecule has 0 N–H and O–H groups in total. The van der Waals surface area contributed by atoms with Crippen LogP contribution in [-0.4, -0.2) is 9.13 Å². The monoisotopic (exact) mass is 371 g/mol. The highest BCUT2D eigenvalue weighted by Crippen LogP contribution is 2.36. The Kier molecular flexibility index (Phi) is 3.16. The van der Waals surface area contributed by atoms with Gasteiger partial charge in [0.05, 0.1) is 16.6 Å². The second-order valence-corrected chi connectivity index (χ2v) is 7.44. The quantitative estimate of drug-likeness (QED) is 0.334. The lowest BCUT2D eigenvalue weighted by molar-refractivity contribution is 1.01. The van der Waals surface area contributed by atoms with E-state index in [1.807, 2.05) is 12.1 Å². The van der Waals surface area contributed by atoms with Gasteiger partial charge in [-0.15, -0.1) is 0 Å². The van der Waals surface area contributed by atoms with Crippen LogP contribution in [0.3, 0.4) is 0 Å². The molecule has 3 heteroatoms. The second-order valence-electron chi connectivity index (χ2n) is 7.44. The summed E-state index contributed by atoms with van der Waals surface area (Å²) in [5, 5.41) is 14.5. The molecule has 2 aromatic heterocycles. The van der Waals surface area contributed by atoms with E-state index < -0.39 is 0 Å². The lowest BCUT2D eigenvalue weighted by Gasteiger charge is -2.09. The average molecular weight is 371 g/mol. The Morgan fingerprint density at radius 1 is 0.655 bits per heavy atom. The molecule has 0 bridgehead atoms. The molecule has 2 heterocycles. The van der Waals surface area contributed by atoms with E-state index in [0.29, 0.717) is 5.56 Å². The number of benzene rings is 4. The van der Waals surface area contributed by atoms with Crippen LogP contribution in [0.1, 0.15) is 5.56 Å². The number of nitriles is 1. The number of rotatable bonds is 1. The highest BCUT2D eigenvalue weighted by atomic mass is 15.0. The van der Waals surface area contributed by atoms with Crippen LogP contribution >= 0.6 is 0 Å². The summed E-state index contributed by atoms with van der Waals surface area (Å²) in [6, 6.07) is 31.8. The minimum Gasteiger partial charge on any atom is -0.344 e. The van der Waals surface area contributed by atoms with Gasteiger partial charge in [-0.1, -0.05) is 48.5 Å². The molecule has 0 atom stereocenters. The zero-order valence-electron chi connectivity index (χ0n) is 15.9. The first-order chi connectivity index (χ1) is 14.3. The third-order valence-electron chi connectivity index (χ3n) is 5.97. The molecule has 0 aliphatic rings. The zero-order chi connectivity index (χ0) is 19.5. The summed E-state index contributed by atoms with van der Waals surface area (Å²) < 4.78 is 4.46. The van der Waals surface area contributed by atoms with E-state index in [-0.39, 0.29) is 0 Å². The predicted molar refractivity (Wildman–Crippen MR) is 119 cm³/mol. The first-order valence-corrected chi connectivity index (χ1v) is 9.68. The fourth-order valence-corrected chi connectivity index (χ4v) is 4.67. The largest absolute Gasteiger partial charge is 0.344 e. The number of aromatic nitrogens is 2. The summed E-state index contributed by atoms with van der Waals surface area (Å²) in [6.07, 6.45) is 0. The Bertz CT molecular complexity index is 1620. The van der Waals surface area contributed by atoms with Gasteiger partial charge in [0, 0.05) is 45.3 Å². The number of hydrogen-bond acceptors (Lipinski definition) is 1. The van der Waals surface area contributed by atoms with Crippen LogP contribution < -0.4 is 0 Å². The Labute approximate surface area is 167 Å². The molecule has 136 valence electrons. The second kappa shape index (κ2) is 5.73. The van der Waals surface area contributed by atoms with E-state index in [0.717, 1.165) is 27.5 Å². The van der Waals surface area contributed by atoms with Gasteiger partial charge < -0.3 is 9.13 Å². The summed E-state index contributed by atoms with van der Waals surface area (Å²) in [4.78, 5) is 0. The lowest BCUT2D eigenvalue weighted by atomic mass is 10.1. The van der Waals surface area contributed by atoms with E-state index in [2.05, 4.69) is 95.0 Å². The zero-order valence-corrected chi connectivity index (χ0v) is 15.9. The van der Waals surface area contributed by atoms with Crippen LogP contribution in [-0.2, 0) is 7.05 Å². The van der Waals surface area contributed by atoms with Gasteiger partial charge >= 0.3 is 0 Å². The van der Waals surface area contributed by atoms with Gasteiger partial charge in [0.25, 0.3) is 0 Å². The molecule has 0 unspecified atom stereocenters. The molecular weight excluding hydrogens is 354 g/mol. The van der Waals surface area contributed by atoms with Crippen LogP contribution in [0.5, 0.6) is 0 Å². The lowest BCUT2D eigenvalue weighted by Crippen LogP contribution is -1.96. The van der Waals surface area contributed by atoms with E-state index in [4.69, 9.17) is 0 Å². The standard InChI is InChI=1S/C26H17N3/c1-28-23-11-4-2-9-20(23)22-15-18(13-14-24(22)28)29-25-12-5-3-8-19(25)21-10-6-7-17(16-27)26(21)29/h2-15H,1H3. The van der Waals surface area contributed by atoms with Crippen molar-refractivity contribution in [2.45, 2.75) is 0 Å². The Morgan fingerprint density at radius 2 is 1.31 bits per heavy atom. The molecule has 0 spiro atoms. The predicted octanol–water partition coefficient (Wildman–Crippen LogP) is 6.30. The van der Waals surface area contributed by atoms with Crippen LogP contribution in [0.25, 0.3) is 49.3 Å². The minimum absolute atomic E-state index is 0.691.